The average molecular weight is 340 g/mol. The third-order valence-electron chi connectivity index (χ3n) is 3.79. The second-order valence-corrected chi connectivity index (χ2v) is 5.46. The molecule has 2 heterocycles. The Morgan fingerprint density at radius 3 is 2.76 bits per heavy atom. The van der Waals surface area contributed by atoms with E-state index in [-0.39, 0.29) is 12.3 Å². The molecule has 3 rings (SSSR count). The smallest absolute Gasteiger partial charge is 0.225 e. The summed E-state index contributed by atoms with van der Waals surface area (Å²) in [6.07, 6.45) is 3.98. The average Bonchev–Trinajstić information content (AvgIpc) is 3.04. The molecule has 0 saturated heterocycles. The first kappa shape index (κ1) is 16.8. The van der Waals surface area contributed by atoms with Crippen LogP contribution in [0, 0.1) is 0 Å². The van der Waals surface area contributed by atoms with Crippen molar-refractivity contribution in [1.82, 2.24) is 9.38 Å². The highest BCUT2D eigenvalue weighted by molar-refractivity contribution is 5.90. The molecule has 0 aliphatic heterocycles. The van der Waals surface area contributed by atoms with E-state index in [1.54, 1.807) is 14.2 Å². The molecule has 0 spiro atoms. The summed E-state index contributed by atoms with van der Waals surface area (Å²) in [5, 5.41) is 2.81. The lowest BCUT2D eigenvalue weighted by Gasteiger charge is -2.08. The summed E-state index contributed by atoms with van der Waals surface area (Å²) in [6.45, 7) is 0.318. The van der Waals surface area contributed by atoms with E-state index < -0.39 is 0 Å². The van der Waals surface area contributed by atoms with Gasteiger partial charge >= 0.3 is 0 Å². The first-order valence-corrected chi connectivity index (χ1v) is 7.85. The van der Waals surface area contributed by atoms with Gasteiger partial charge in [-0.2, -0.15) is 0 Å². The molecule has 1 amide bonds. The number of methoxy groups -OCH3 is 2. The van der Waals surface area contributed by atoms with E-state index in [1.807, 2.05) is 47.1 Å². The number of nitrogens with zero attached hydrogens (tertiary/aromatic N) is 2. The maximum absolute atomic E-state index is 11.7. The summed E-state index contributed by atoms with van der Waals surface area (Å²) in [5.74, 6) is 1.32. The van der Waals surface area contributed by atoms with E-state index in [9.17, 15) is 4.79 Å². The fourth-order valence-electron chi connectivity index (χ4n) is 2.56. The molecule has 0 radical (unpaired) electrons. The molecule has 130 valence electrons. The number of ether oxygens (including phenoxy) is 2. The van der Waals surface area contributed by atoms with Gasteiger partial charge in [-0.25, -0.2) is 4.98 Å². The van der Waals surface area contributed by atoms with E-state index in [2.05, 4.69) is 10.3 Å². The SMILES string of the molecule is COc1ccc(OC)c(-c2cn3cc(NC(=O)CCN)ccc3n2)c1. The summed E-state index contributed by atoms with van der Waals surface area (Å²) in [7, 11) is 3.23. The first-order valence-electron chi connectivity index (χ1n) is 7.85. The number of amides is 1. The molecule has 7 nitrogen and oxygen atoms in total. The Hall–Kier alpha value is -3.06. The van der Waals surface area contributed by atoms with Crippen molar-refractivity contribution in [2.75, 3.05) is 26.1 Å². The Morgan fingerprint density at radius 2 is 2.04 bits per heavy atom. The van der Waals surface area contributed by atoms with Gasteiger partial charge in [-0.1, -0.05) is 0 Å². The molecular formula is C18H20N4O3. The van der Waals surface area contributed by atoms with Gasteiger partial charge in [0, 0.05) is 30.9 Å². The molecule has 3 N–H and O–H groups in total. The molecule has 3 aromatic rings. The monoisotopic (exact) mass is 340 g/mol. The van der Waals surface area contributed by atoms with Gasteiger partial charge in [0.15, 0.2) is 0 Å². The third-order valence-corrected chi connectivity index (χ3v) is 3.79. The van der Waals surface area contributed by atoms with Crippen LogP contribution in [0.2, 0.25) is 0 Å². The van der Waals surface area contributed by atoms with Crippen LogP contribution in [0.1, 0.15) is 6.42 Å². The molecule has 0 bridgehead atoms. The van der Waals surface area contributed by atoms with Gasteiger partial charge in [-0.05, 0) is 30.3 Å². The lowest BCUT2D eigenvalue weighted by atomic mass is 10.1. The Morgan fingerprint density at radius 1 is 1.20 bits per heavy atom. The molecular weight excluding hydrogens is 320 g/mol. The van der Waals surface area contributed by atoms with Crippen LogP contribution in [0.15, 0.2) is 42.7 Å². The second-order valence-electron chi connectivity index (χ2n) is 5.46. The van der Waals surface area contributed by atoms with Crippen LogP contribution < -0.4 is 20.5 Å². The summed E-state index contributed by atoms with van der Waals surface area (Å²) >= 11 is 0. The Labute approximate surface area is 145 Å². The predicted octanol–water partition coefficient (Wildman–Crippen LogP) is 2.31. The largest absolute Gasteiger partial charge is 0.497 e. The molecule has 1 aromatic carbocycles. The highest BCUT2D eigenvalue weighted by Gasteiger charge is 2.12. The van der Waals surface area contributed by atoms with Crippen LogP contribution in [-0.2, 0) is 4.79 Å². The van der Waals surface area contributed by atoms with Crippen LogP contribution in [0.5, 0.6) is 11.5 Å². The molecule has 0 saturated carbocycles. The van der Waals surface area contributed by atoms with Gasteiger partial charge < -0.3 is 24.9 Å². The number of carbonyl (C=O) groups excluding carboxylic acids is 1. The van der Waals surface area contributed by atoms with Crippen molar-refractivity contribution < 1.29 is 14.3 Å². The lowest BCUT2D eigenvalue weighted by Crippen LogP contribution is -2.16. The number of hydrogen-bond acceptors (Lipinski definition) is 5. The van der Waals surface area contributed by atoms with E-state index in [4.69, 9.17) is 15.2 Å². The number of carbonyl (C=O) groups is 1. The fraction of sp³-hybridized carbons (Fsp3) is 0.222. The van der Waals surface area contributed by atoms with Crippen molar-refractivity contribution in [2.45, 2.75) is 6.42 Å². The van der Waals surface area contributed by atoms with Crippen molar-refractivity contribution in [3.8, 4) is 22.8 Å². The van der Waals surface area contributed by atoms with Crippen LogP contribution in [-0.4, -0.2) is 36.1 Å². The first-order chi connectivity index (χ1) is 12.1. The van der Waals surface area contributed by atoms with Crippen molar-refractivity contribution in [1.29, 1.82) is 0 Å². The molecule has 0 atom stereocenters. The number of benzene rings is 1. The normalized spacial score (nSPS) is 10.7. The van der Waals surface area contributed by atoms with Crippen LogP contribution in [0.25, 0.3) is 16.9 Å². The number of hydrogen-bond donors (Lipinski definition) is 2. The van der Waals surface area contributed by atoms with E-state index in [1.165, 1.54) is 0 Å². The molecule has 7 heteroatoms. The lowest BCUT2D eigenvalue weighted by molar-refractivity contribution is -0.116. The van der Waals surface area contributed by atoms with Crippen LogP contribution >= 0.6 is 0 Å². The second kappa shape index (κ2) is 7.23. The van der Waals surface area contributed by atoms with Crippen LogP contribution in [0.4, 0.5) is 5.69 Å². The molecule has 0 aliphatic carbocycles. The zero-order valence-corrected chi connectivity index (χ0v) is 14.2. The molecule has 0 unspecified atom stereocenters. The Kier molecular flexibility index (Phi) is 4.85. The van der Waals surface area contributed by atoms with Crippen molar-refractivity contribution in [3.05, 3.63) is 42.7 Å². The number of nitrogens with one attached hydrogen (secondary N) is 1. The summed E-state index contributed by atoms with van der Waals surface area (Å²) in [4.78, 5) is 16.3. The number of imidazole rings is 1. The van der Waals surface area contributed by atoms with Crippen LogP contribution in [0.3, 0.4) is 0 Å². The zero-order valence-electron chi connectivity index (χ0n) is 14.2. The Balaban J connectivity index is 1.97. The fourth-order valence-corrected chi connectivity index (χ4v) is 2.56. The van der Waals surface area contributed by atoms with E-state index in [0.29, 0.717) is 18.0 Å². The minimum absolute atomic E-state index is 0.114. The Bertz CT molecular complexity index is 904. The minimum atomic E-state index is -0.114. The predicted molar refractivity (Wildman–Crippen MR) is 96.0 cm³/mol. The summed E-state index contributed by atoms with van der Waals surface area (Å²) in [5.41, 5.74) is 8.43. The molecule has 0 aliphatic rings. The van der Waals surface area contributed by atoms with Gasteiger partial charge in [-0.3, -0.25) is 4.79 Å². The van der Waals surface area contributed by atoms with Gasteiger partial charge in [-0.15, -0.1) is 0 Å². The number of rotatable bonds is 6. The molecule has 2 aromatic heterocycles. The maximum Gasteiger partial charge on any atom is 0.225 e. The van der Waals surface area contributed by atoms with E-state index >= 15 is 0 Å². The topological polar surface area (TPSA) is 90.9 Å². The number of aromatic nitrogens is 2. The highest BCUT2D eigenvalue weighted by Crippen LogP contribution is 2.33. The van der Waals surface area contributed by atoms with Crippen molar-refractivity contribution >= 4 is 17.2 Å². The standard InChI is InChI=1S/C18H20N4O3/c1-24-13-4-5-16(25-2)14(9-13)15-11-22-10-12(3-6-17(22)21-15)20-18(23)7-8-19/h3-6,9-11H,7-8,19H2,1-2H3,(H,20,23). The number of pyridine rings is 1. The zero-order chi connectivity index (χ0) is 17.8. The van der Waals surface area contributed by atoms with Crippen molar-refractivity contribution in [2.24, 2.45) is 5.73 Å². The van der Waals surface area contributed by atoms with E-state index in [0.717, 1.165) is 22.7 Å². The third kappa shape index (κ3) is 3.56. The number of fused-ring (bicyclic) bond motifs is 1. The highest BCUT2D eigenvalue weighted by atomic mass is 16.5. The van der Waals surface area contributed by atoms with Gasteiger partial charge in [0.1, 0.15) is 17.1 Å². The quantitative estimate of drug-likeness (QED) is 0.718. The summed E-state index contributed by atoms with van der Waals surface area (Å²) < 4.78 is 12.6. The number of anilines is 1. The van der Waals surface area contributed by atoms with Gasteiger partial charge in [0.25, 0.3) is 0 Å². The van der Waals surface area contributed by atoms with Gasteiger partial charge in [0.2, 0.25) is 5.91 Å². The molecule has 0 fully saturated rings. The minimum Gasteiger partial charge on any atom is -0.497 e. The number of nitrogens with two attached hydrogens (primary N) is 1. The summed E-state index contributed by atoms with van der Waals surface area (Å²) in [6, 6.07) is 9.21. The van der Waals surface area contributed by atoms with Gasteiger partial charge in [0.05, 0.1) is 25.6 Å². The molecule has 25 heavy (non-hydrogen) atoms. The van der Waals surface area contributed by atoms with Crippen molar-refractivity contribution in [3.63, 3.8) is 0 Å². The maximum atomic E-state index is 11.7.